The molecular weight excluding hydrogens is 382 g/mol. The number of ether oxygens (including phenoxy) is 3. The number of methoxy groups -OCH3 is 3. The van der Waals surface area contributed by atoms with Crippen molar-refractivity contribution < 1.29 is 28.8 Å². The van der Waals surface area contributed by atoms with Crippen molar-refractivity contribution in [3.63, 3.8) is 0 Å². The van der Waals surface area contributed by atoms with Gasteiger partial charge in [-0.3, -0.25) is 4.79 Å². The fourth-order valence-electron chi connectivity index (χ4n) is 4.86. The molecule has 7 nitrogen and oxygen atoms in total. The smallest absolute Gasteiger partial charge is 0.278 e. The fourth-order valence-corrected chi connectivity index (χ4v) is 4.86. The Balaban J connectivity index is 1.53. The number of piperazine rings is 1. The largest absolute Gasteiger partial charge is 0.493 e. The molecular formula is C23H39N3O4+2. The van der Waals surface area contributed by atoms with Crippen molar-refractivity contribution in [2.45, 2.75) is 57.7 Å². The summed E-state index contributed by atoms with van der Waals surface area (Å²) < 4.78 is 16.5. The number of amides is 1. The van der Waals surface area contributed by atoms with E-state index in [1.165, 1.54) is 29.1 Å². The molecule has 1 aromatic rings. The average Bonchev–Trinajstić information content (AvgIpc) is 2.79. The van der Waals surface area contributed by atoms with Crippen LogP contribution in [-0.2, 0) is 11.3 Å². The summed E-state index contributed by atoms with van der Waals surface area (Å²) in [6.07, 6.45) is 6.07. The molecule has 30 heavy (non-hydrogen) atoms. The third kappa shape index (κ3) is 5.38. The summed E-state index contributed by atoms with van der Waals surface area (Å²) in [5.41, 5.74) is 1.12. The maximum Gasteiger partial charge on any atom is 0.278 e. The Morgan fingerprint density at radius 1 is 1.00 bits per heavy atom. The lowest BCUT2D eigenvalue weighted by Gasteiger charge is -2.33. The zero-order valence-electron chi connectivity index (χ0n) is 19.0. The van der Waals surface area contributed by atoms with Crippen LogP contribution in [0.4, 0.5) is 0 Å². The van der Waals surface area contributed by atoms with Crippen LogP contribution in [0.15, 0.2) is 12.1 Å². The molecule has 168 valence electrons. The van der Waals surface area contributed by atoms with Gasteiger partial charge < -0.3 is 29.3 Å². The van der Waals surface area contributed by atoms with Crippen molar-refractivity contribution in [1.82, 2.24) is 5.32 Å². The van der Waals surface area contributed by atoms with E-state index in [2.05, 4.69) is 18.3 Å². The average molecular weight is 422 g/mol. The van der Waals surface area contributed by atoms with Crippen LogP contribution in [0.1, 0.15) is 44.6 Å². The standard InChI is InChI=1S/C23H37N3O4/c1-17(23(27)24-19-8-6-5-7-9-19)26-14-12-25(13-15-26)16-18-10-11-20(28-2)22(30-4)21(18)29-3/h10-11,17,19H,5-9,12-16H2,1-4H3,(H,24,27)/p+2/t17-/m1/s1. The fraction of sp³-hybridized carbons (Fsp3) is 0.696. The van der Waals surface area contributed by atoms with Crippen LogP contribution >= 0.6 is 0 Å². The van der Waals surface area contributed by atoms with E-state index in [1.807, 2.05) is 6.07 Å². The van der Waals surface area contributed by atoms with Crippen LogP contribution in [0.25, 0.3) is 0 Å². The van der Waals surface area contributed by atoms with Crippen molar-refractivity contribution in [3.8, 4) is 17.2 Å². The van der Waals surface area contributed by atoms with Gasteiger partial charge in [-0.05, 0) is 31.9 Å². The van der Waals surface area contributed by atoms with Crippen molar-refractivity contribution in [3.05, 3.63) is 17.7 Å². The first-order valence-electron chi connectivity index (χ1n) is 11.3. The third-order valence-corrected chi connectivity index (χ3v) is 6.78. The number of carbonyl (C=O) groups excluding carboxylic acids is 1. The van der Waals surface area contributed by atoms with E-state index in [0.29, 0.717) is 17.5 Å². The summed E-state index contributed by atoms with van der Waals surface area (Å²) in [5, 5.41) is 3.30. The number of carbonyl (C=O) groups is 1. The molecule has 1 aromatic carbocycles. The van der Waals surface area contributed by atoms with E-state index >= 15 is 0 Å². The predicted octanol–water partition coefficient (Wildman–Crippen LogP) is -0.167. The third-order valence-electron chi connectivity index (χ3n) is 6.78. The second kappa shape index (κ2) is 10.9. The van der Waals surface area contributed by atoms with E-state index in [9.17, 15) is 4.79 Å². The molecule has 7 heteroatoms. The van der Waals surface area contributed by atoms with Gasteiger partial charge in [-0.1, -0.05) is 19.3 Å². The van der Waals surface area contributed by atoms with E-state index in [4.69, 9.17) is 14.2 Å². The van der Waals surface area contributed by atoms with Crippen molar-refractivity contribution in [2.24, 2.45) is 0 Å². The molecule has 3 rings (SSSR count). The zero-order chi connectivity index (χ0) is 21.5. The van der Waals surface area contributed by atoms with Gasteiger partial charge in [-0.15, -0.1) is 0 Å². The number of hydrogen-bond acceptors (Lipinski definition) is 4. The highest BCUT2D eigenvalue weighted by Gasteiger charge is 2.32. The van der Waals surface area contributed by atoms with Crippen LogP contribution in [0.2, 0.25) is 0 Å². The van der Waals surface area contributed by atoms with Crippen molar-refractivity contribution in [1.29, 1.82) is 0 Å². The first kappa shape index (κ1) is 22.7. The summed E-state index contributed by atoms with van der Waals surface area (Å²) in [4.78, 5) is 15.6. The highest BCUT2D eigenvalue weighted by Crippen LogP contribution is 2.39. The first-order chi connectivity index (χ1) is 14.6. The summed E-state index contributed by atoms with van der Waals surface area (Å²) in [7, 11) is 4.94. The highest BCUT2D eigenvalue weighted by molar-refractivity contribution is 5.80. The minimum absolute atomic E-state index is 0.0177. The molecule has 0 spiro atoms. The minimum atomic E-state index is 0.0177. The maximum absolute atomic E-state index is 12.7. The number of benzene rings is 1. The molecule has 1 saturated carbocycles. The lowest BCUT2D eigenvalue weighted by Crippen LogP contribution is -3.29. The lowest BCUT2D eigenvalue weighted by atomic mass is 9.95. The topological polar surface area (TPSA) is 65.7 Å². The molecule has 2 aliphatic rings. The lowest BCUT2D eigenvalue weighted by molar-refractivity contribution is -1.02. The zero-order valence-corrected chi connectivity index (χ0v) is 19.0. The normalized spacial score (nSPS) is 23.5. The molecule has 1 aliphatic carbocycles. The van der Waals surface area contributed by atoms with E-state index in [0.717, 1.165) is 56.9 Å². The summed E-state index contributed by atoms with van der Waals surface area (Å²) in [5.74, 6) is 2.30. The number of quaternary nitrogens is 2. The molecule has 0 radical (unpaired) electrons. The van der Waals surface area contributed by atoms with Crippen molar-refractivity contribution >= 4 is 5.91 Å². The molecule has 1 aliphatic heterocycles. The Bertz CT molecular complexity index is 698. The van der Waals surface area contributed by atoms with Gasteiger partial charge in [0, 0.05) is 6.04 Å². The van der Waals surface area contributed by atoms with E-state index in [1.54, 1.807) is 21.3 Å². The molecule has 2 fully saturated rings. The SMILES string of the molecule is COc1ccc(C[NH+]2CC[NH+]([C@H](C)C(=O)NC3CCCCC3)CC2)c(OC)c1OC. The summed E-state index contributed by atoms with van der Waals surface area (Å²) in [6, 6.07) is 4.41. The highest BCUT2D eigenvalue weighted by atomic mass is 16.5. The monoisotopic (exact) mass is 421 g/mol. The van der Waals surface area contributed by atoms with E-state index < -0.39 is 0 Å². The van der Waals surface area contributed by atoms with Gasteiger partial charge in [0.05, 0.1) is 26.9 Å². The Labute approximate surface area is 180 Å². The second-order valence-electron chi connectivity index (χ2n) is 8.64. The molecule has 0 bridgehead atoms. The molecule has 1 heterocycles. The number of nitrogens with one attached hydrogen (secondary N) is 3. The molecule has 3 N–H and O–H groups in total. The van der Waals surface area contributed by atoms with Crippen LogP contribution in [-0.4, -0.2) is 65.5 Å². The number of rotatable bonds is 8. The van der Waals surface area contributed by atoms with Gasteiger partial charge in [0.15, 0.2) is 17.5 Å². The van der Waals surface area contributed by atoms with Gasteiger partial charge in [0.25, 0.3) is 5.91 Å². The number of hydrogen-bond donors (Lipinski definition) is 3. The van der Waals surface area contributed by atoms with Crippen molar-refractivity contribution in [2.75, 3.05) is 47.5 Å². The Kier molecular flexibility index (Phi) is 8.22. The van der Waals surface area contributed by atoms with Gasteiger partial charge in [-0.2, -0.15) is 0 Å². The maximum atomic E-state index is 12.7. The van der Waals surface area contributed by atoms with Gasteiger partial charge >= 0.3 is 0 Å². The Hall–Kier alpha value is -1.99. The Morgan fingerprint density at radius 3 is 2.27 bits per heavy atom. The summed E-state index contributed by atoms with van der Waals surface area (Å²) >= 11 is 0. The molecule has 1 saturated heterocycles. The molecule has 0 unspecified atom stereocenters. The van der Waals surface area contributed by atoms with Crippen LogP contribution < -0.4 is 29.3 Å². The van der Waals surface area contributed by atoms with Gasteiger partial charge in [0.2, 0.25) is 5.75 Å². The van der Waals surface area contributed by atoms with Crippen LogP contribution in [0.5, 0.6) is 17.2 Å². The van der Waals surface area contributed by atoms with Gasteiger partial charge in [0.1, 0.15) is 32.7 Å². The van der Waals surface area contributed by atoms with Crippen LogP contribution in [0.3, 0.4) is 0 Å². The summed E-state index contributed by atoms with van der Waals surface area (Å²) in [6.45, 7) is 7.03. The quantitative estimate of drug-likeness (QED) is 0.546. The first-order valence-corrected chi connectivity index (χ1v) is 11.3. The van der Waals surface area contributed by atoms with Crippen LogP contribution in [0, 0.1) is 0 Å². The Morgan fingerprint density at radius 2 is 1.67 bits per heavy atom. The molecule has 0 aromatic heterocycles. The second-order valence-corrected chi connectivity index (χ2v) is 8.64. The minimum Gasteiger partial charge on any atom is -0.493 e. The molecule has 1 atom stereocenters. The predicted molar refractivity (Wildman–Crippen MR) is 116 cm³/mol. The molecule has 1 amide bonds. The van der Waals surface area contributed by atoms with Gasteiger partial charge in [-0.25, -0.2) is 0 Å². The van der Waals surface area contributed by atoms with E-state index in [-0.39, 0.29) is 11.9 Å².